The van der Waals surface area contributed by atoms with E-state index in [0.29, 0.717) is 5.92 Å². The number of fused-ring (bicyclic) bond motifs is 1. The first-order valence-corrected chi connectivity index (χ1v) is 5.93. The lowest BCUT2D eigenvalue weighted by Crippen LogP contribution is -2.10. The van der Waals surface area contributed by atoms with Crippen molar-refractivity contribution in [3.63, 3.8) is 0 Å². The van der Waals surface area contributed by atoms with Crippen molar-refractivity contribution in [2.24, 2.45) is 0 Å². The minimum Gasteiger partial charge on any atom is -0.264 e. The fourth-order valence-electron chi connectivity index (χ4n) is 2.68. The van der Waals surface area contributed by atoms with Crippen molar-refractivity contribution in [1.82, 2.24) is 4.98 Å². The highest BCUT2D eigenvalue weighted by molar-refractivity contribution is 5.38. The van der Waals surface area contributed by atoms with Crippen LogP contribution >= 0.6 is 0 Å². The monoisotopic (exact) mass is 209 g/mol. The SMILES string of the molecule is c1cncc(C2CCCc3ccccc32)c1. The van der Waals surface area contributed by atoms with Crippen molar-refractivity contribution in [3.8, 4) is 0 Å². The molecule has 16 heavy (non-hydrogen) atoms. The molecule has 0 bridgehead atoms. The summed E-state index contributed by atoms with van der Waals surface area (Å²) in [5, 5.41) is 0. The summed E-state index contributed by atoms with van der Waals surface area (Å²) < 4.78 is 0. The van der Waals surface area contributed by atoms with Gasteiger partial charge in [0.1, 0.15) is 0 Å². The highest BCUT2D eigenvalue weighted by Crippen LogP contribution is 2.35. The molecule has 0 saturated heterocycles. The number of hydrogen-bond acceptors (Lipinski definition) is 1. The van der Waals surface area contributed by atoms with Gasteiger partial charge in [0.25, 0.3) is 0 Å². The molecule has 1 aromatic heterocycles. The van der Waals surface area contributed by atoms with Gasteiger partial charge in [-0.05, 0) is 42.0 Å². The van der Waals surface area contributed by atoms with E-state index < -0.39 is 0 Å². The van der Waals surface area contributed by atoms with Gasteiger partial charge in [0.15, 0.2) is 0 Å². The predicted octanol–water partition coefficient (Wildman–Crippen LogP) is 3.55. The summed E-state index contributed by atoms with van der Waals surface area (Å²) in [5.74, 6) is 0.554. The van der Waals surface area contributed by atoms with Gasteiger partial charge in [0, 0.05) is 18.3 Å². The average molecular weight is 209 g/mol. The third-order valence-electron chi connectivity index (χ3n) is 3.46. The van der Waals surface area contributed by atoms with Gasteiger partial charge in [-0.2, -0.15) is 0 Å². The number of aromatic nitrogens is 1. The fraction of sp³-hybridized carbons (Fsp3) is 0.267. The van der Waals surface area contributed by atoms with Crippen LogP contribution in [0.4, 0.5) is 0 Å². The summed E-state index contributed by atoms with van der Waals surface area (Å²) in [6, 6.07) is 13.0. The summed E-state index contributed by atoms with van der Waals surface area (Å²) in [4.78, 5) is 4.23. The minimum absolute atomic E-state index is 0.554. The molecule has 1 aliphatic carbocycles. The lowest BCUT2D eigenvalue weighted by molar-refractivity contribution is 0.614. The Hall–Kier alpha value is -1.63. The number of benzene rings is 1. The van der Waals surface area contributed by atoms with E-state index in [1.54, 1.807) is 0 Å². The lowest BCUT2D eigenvalue weighted by atomic mass is 9.79. The van der Waals surface area contributed by atoms with Gasteiger partial charge >= 0.3 is 0 Å². The maximum absolute atomic E-state index is 4.23. The summed E-state index contributed by atoms with van der Waals surface area (Å²) in [5.41, 5.74) is 4.37. The number of rotatable bonds is 1. The molecule has 0 saturated carbocycles. The first kappa shape index (κ1) is 9.59. The predicted molar refractivity (Wildman–Crippen MR) is 65.5 cm³/mol. The zero-order chi connectivity index (χ0) is 10.8. The van der Waals surface area contributed by atoms with Crippen LogP contribution in [0.1, 0.15) is 35.4 Å². The Labute approximate surface area is 96.2 Å². The number of pyridine rings is 1. The Morgan fingerprint density at radius 1 is 1.06 bits per heavy atom. The molecule has 1 aliphatic rings. The largest absolute Gasteiger partial charge is 0.264 e. The molecule has 3 rings (SSSR count). The van der Waals surface area contributed by atoms with E-state index in [0.717, 1.165) is 0 Å². The van der Waals surface area contributed by atoms with Crippen molar-refractivity contribution in [2.45, 2.75) is 25.2 Å². The molecule has 1 unspecified atom stereocenters. The van der Waals surface area contributed by atoms with Gasteiger partial charge in [-0.25, -0.2) is 0 Å². The topological polar surface area (TPSA) is 12.9 Å². The van der Waals surface area contributed by atoms with E-state index in [1.807, 2.05) is 18.5 Å². The van der Waals surface area contributed by atoms with Crippen LogP contribution in [0.2, 0.25) is 0 Å². The van der Waals surface area contributed by atoms with Crippen molar-refractivity contribution in [1.29, 1.82) is 0 Å². The minimum atomic E-state index is 0.554. The number of nitrogens with zero attached hydrogens (tertiary/aromatic N) is 1. The second-order valence-electron chi connectivity index (χ2n) is 4.43. The maximum atomic E-state index is 4.23. The molecular weight excluding hydrogens is 194 g/mol. The molecule has 0 amide bonds. The second kappa shape index (κ2) is 4.09. The third kappa shape index (κ3) is 1.63. The van der Waals surface area contributed by atoms with Gasteiger partial charge in [-0.15, -0.1) is 0 Å². The Kier molecular flexibility index (Phi) is 2.45. The molecule has 1 nitrogen and oxygen atoms in total. The van der Waals surface area contributed by atoms with Gasteiger partial charge in [0.05, 0.1) is 0 Å². The van der Waals surface area contributed by atoms with E-state index in [-0.39, 0.29) is 0 Å². The van der Waals surface area contributed by atoms with Gasteiger partial charge in [0.2, 0.25) is 0 Å². The van der Waals surface area contributed by atoms with Crippen LogP contribution in [0.5, 0.6) is 0 Å². The lowest BCUT2D eigenvalue weighted by Gasteiger charge is -2.25. The Bertz CT molecular complexity index is 476. The average Bonchev–Trinajstić information content (AvgIpc) is 2.39. The fourth-order valence-corrected chi connectivity index (χ4v) is 2.68. The smallest absolute Gasteiger partial charge is 0.0306 e. The molecule has 1 heteroatoms. The normalized spacial score (nSPS) is 19.1. The van der Waals surface area contributed by atoms with Crippen LogP contribution in [0.3, 0.4) is 0 Å². The van der Waals surface area contributed by atoms with E-state index in [2.05, 4.69) is 35.3 Å². The Morgan fingerprint density at radius 3 is 2.88 bits per heavy atom. The molecule has 2 aromatic rings. The van der Waals surface area contributed by atoms with E-state index in [4.69, 9.17) is 0 Å². The van der Waals surface area contributed by atoms with Crippen LogP contribution in [-0.4, -0.2) is 4.98 Å². The highest BCUT2D eigenvalue weighted by Gasteiger charge is 2.20. The van der Waals surface area contributed by atoms with Crippen molar-refractivity contribution < 1.29 is 0 Å². The van der Waals surface area contributed by atoms with E-state index >= 15 is 0 Å². The van der Waals surface area contributed by atoms with Crippen LogP contribution in [-0.2, 0) is 6.42 Å². The summed E-state index contributed by atoms with van der Waals surface area (Å²) in [6.45, 7) is 0. The molecule has 1 aromatic carbocycles. The van der Waals surface area contributed by atoms with Crippen LogP contribution in [0.15, 0.2) is 48.8 Å². The van der Waals surface area contributed by atoms with E-state index in [1.165, 1.54) is 36.0 Å². The van der Waals surface area contributed by atoms with Gasteiger partial charge < -0.3 is 0 Å². The Morgan fingerprint density at radius 2 is 2.00 bits per heavy atom. The van der Waals surface area contributed by atoms with Crippen molar-refractivity contribution >= 4 is 0 Å². The molecule has 1 atom stereocenters. The molecule has 0 spiro atoms. The van der Waals surface area contributed by atoms with Crippen molar-refractivity contribution in [3.05, 3.63) is 65.5 Å². The summed E-state index contributed by atoms with van der Waals surface area (Å²) >= 11 is 0. The highest BCUT2D eigenvalue weighted by atomic mass is 14.6. The number of hydrogen-bond donors (Lipinski definition) is 0. The molecule has 0 N–H and O–H groups in total. The summed E-state index contributed by atoms with van der Waals surface area (Å²) in [6.07, 6.45) is 7.62. The van der Waals surface area contributed by atoms with Crippen molar-refractivity contribution in [2.75, 3.05) is 0 Å². The molecule has 0 fully saturated rings. The van der Waals surface area contributed by atoms with Gasteiger partial charge in [-0.3, -0.25) is 4.98 Å². The maximum Gasteiger partial charge on any atom is 0.0306 e. The van der Waals surface area contributed by atoms with Gasteiger partial charge in [-0.1, -0.05) is 30.3 Å². The second-order valence-corrected chi connectivity index (χ2v) is 4.43. The molecule has 80 valence electrons. The third-order valence-corrected chi connectivity index (χ3v) is 3.46. The molecule has 1 heterocycles. The molecule has 0 radical (unpaired) electrons. The van der Waals surface area contributed by atoms with Crippen LogP contribution in [0, 0.1) is 0 Å². The first-order chi connectivity index (χ1) is 7.95. The standard InChI is InChI=1S/C15H15N/c1-2-8-14-12(5-1)6-3-9-15(14)13-7-4-10-16-11-13/h1-2,4-5,7-8,10-11,15H,3,6,9H2. The summed E-state index contributed by atoms with van der Waals surface area (Å²) in [7, 11) is 0. The number of aryl methyl sites for hydroxylation is 1. The van der Waals surface area contributed by atoms with E-state index in [9.17, 15) is 0 Å². The zero-order valence-electron chi connectivity index (χ0n) is 9.26. The van der Waals surface area contributed by atoms with Crippen LogP contribution < -0.4 is 0 Å². The molecule has 0 aliphatic heterocycles. The first-order valence-electron chi connectivity index (χ1n) is 5.93. The quantitative estimate of drug-likeness (QED) is 0.700. The Balaban J connectivity index is 2.05. The van der Waals surface area contributed by atoms with Crippen LogP contribution in [0.25, 0.3) is 0 Å². The zero-order valence-corrected chi connectivity index (χ0v) is 9.26. The molecular formula is C15H15N.